The van der Waals surface area contributed by atoms with Crippen LogP contribution >= 0.6 is 12.2 Å². The van der Waals surface area contributed by atoms with E-state index in [1.807, 2.05) is 54.6 Å². The molecule has 0 aliphatic rings. The standard InChI is InChI=1S/C22H20N2OS/c1-25-21-15-13-20(14-16-21)24-22(26)23-19-11-9-18(10-12-19)8-7-17-5-3-2-4-6-17/h2-16H,1H3,(H2,23,24,26)/b8-7+. The maximum Gasteiger partial charge on any atom is 0.175 e. The SMILES string of the molecule is COc1ccc(NC(=S)Nc2ccc(/C=C/c3ccccc3)cc2)cc1. The second kappa shape index (κ2) is 8.83. The molecule has 3 aromatic rings. The molecule has 0 radical (unpaired) electrons. The number of nitrogens with one attached hydrogen (secondary N) is 2. The number of benzene rings is 3. The van der Waals surface area contributed by atoms with E-state index in [0.29, 0.717) is 5.11 Å². The van der Waals surface area contributed by atoms with Gasteiger partial charge in [-0.2, -0.15) is 0 Å². The molecule has 3 nitrogen and oxygen atoms in total. The van der Waals surface area contributed by atoms with Crippen LogP contribution in [0, 0.1) is 0 Å². The second-order valence-corrected chi connectivity index (χ2v) is 6.08. The summed E-state index contributed by atoms with van der Waals surface area (Å²) in [6.45, 7) is 0. The lowest BCUT2D eigenvalue weighted by Gasteiger charge is -2.11. The largest absolute Gasteiger partial charge is 0.497 e. The van der Waals surface area contributed by atoms with Crippen LogP contribution in [0.1, 0.15) is 11.1 Å². The van der Waals surface area contributed by atoms with E-state index in [1.165, 1.54) is 5.56 Å². The van der Waals surface area contributed by atoms with Crippen molar-refractivity contribution < 1.29 is 4.74 Å². The number of hydrogen-bond donors (Lipinski definition) is 2. The molecule has 0 amide bonds. The van der Waals surface area contributed by atoms with Crippen molar-refractivity contribution in [1.29, 1.82) is 0 Å². The molecule has 0 saturated heterocycles. The van der Waals surface area contributed by atoms with Gasteiger partial charge in [-0.3, -0.25) is 0 Å². The van der Waals surface area contributed by atoms with Crippen LogP contribution in [0.25, 0.3) is 12.2 Å². The average Bonchev–Trinajstić information content (AvgIpc) is 2.69. The van der Waals surface area contributed by atoms with Gasteiger partial charge < -0.3 is 15.4 Å². The normalized spacial score (nSPS) is 10.5. The monoisotopic (exact) mass is 360 g/mol. The summed E-state index contributed by atoms with van der Waals surface area (Å²) in [4.78, 5) is 0. The van der Waals surface area contributed by atoms with Crippen LogP contribution in [-0.4, -0.2) is 12.2 Å². The van der Waals surface area contributed by atoms with Gasteiger partial charge in [0.05, 0.1) is 7.11 Å². The van der Waals surface area contributed by atoms with E-state index < -0.39 is 0 Å². The van der Waals surface area contributed by atoms with Crippen LogP contribution in [0.2, 0.25) is 0 Å². The van der Waals surface area contributed by atoms with Crippen molar-refractivity contribution in [2.75, 3.05) is 17.7 Å². The van der Waals surface area contributed by atoms with Gasteiger partial charge in [-0.25, -0.2) is 0 Å². The Labute approximate surface area is 159 Å². The number of rotatable bonds is 5. The molecular formula is C22H20N2OS. The van der Waals surface area contributed by atoms with E-state index in [2.05, 4.69) is 47.1 Å². The van der Waals surface area contributed by atoms with Gasteiger partial charge in [0.1, 0.15) is 5.75 Å². The van der Waals surface area contributed by atoms with Gasteiger partial charge in [-0.05, 0) is 59.7 Å². The van der Waals surface area contributed by atoms with Gasteiger partial charge in [0, 0.05) is 11.4 Å². The van der Waals surface area contributed by atoms with E-state index in [0.717, 1.165) is 22.7 Å². The highest BCUT2D eigenvalue weighted by molar-refractivity contribution is 7.80. The highest BCUT2D eigenvalue weighted by Crippen LogP contribution is 2.16. The molecule has 130 valence electrons. The van der Waals surface area contributed by atoms with E-state index in [-0.39, 0.29) is 0 Å². The van der Waals surface area contributed by atoms with Gasteiger partial charge in [0.2, 0.25) is 0 Å². The predicted octanol–water partition coefficient (Wildman–Crippen LogP) is 5.67. The minimum atomic E-state index is 0.544. The molecule has 3 rings (SSSR count). The molecule has 0 saturated carbocycles. The summed E-state index contributed by atoms with van der Waals surface area (Å²) in [5.74, 6) is 0.813. The van der Waals surface area contributed by atoms with Crippen molar-refractivity contribution in [3.8, 4) is 5.75 Å². The fourth-order valence-electron chi connectivity index (χ4n) is 2.40. The number of thiocarbonyl (C=S) groups is 1. The number of hydrogen-bond acceptors (Lipinski definition) is 2. The summed E-state index contributed by atoms with van der Waals surface area (Å²) in [7, 11) is 1.65. The Balaban J connectivity index is 1.56. The summed E-state index contributed by atoms with van der Waals surface area (Å²) >= 11 is 5.36. The molecule has 0 aliphatic carbocycles. The Morgan fingerprint density at radius 3 is 1.77 bits per heavy atom. The Kier molecular flexibility index (Phi) is 6.01. The zero-order valence-electron chi connectivity index (χ0n) is 14.5. The Bertz CT molecular complexity index is 872. The topological polar surface area (TPSA) is 33.3 Å². The molecule has 0 aromatic heterocycles. The van der Waals surface area contributed by atoms with Gasteiger partial charge in [-0.15, -0.1) is 0 Å². The number of methoxy groups -OCH3 is 1. The Morgan fingerprint density at radius 2 is 1.23 bits per heavy atom. The quantitative estimate of drug-likeness (QED) is 0.453. The zero-order valence-corrected chi connectivity index (χ0v) is 15.3. The molecule has 0 heterocycles. The van der Waals surface area contributed by atoms with Crippen LogP contribution in [0.15, 0.2) is 78.9 Å². The van der Waals surface area contributed by atoms with Crippen molar-refractivity contribution in [2.24, 2.45) is 0 Å². The van der Waals surface area contributed by atoms with Crippen molar-refractivity contribution in [3.63, 3.8) is 0 Å². The van der Waals surface area contributed by atoms with Gasteiger partial charge >= 0.3 is 0 Å². The van der Waals surface area contributed by atoms with Gasteiger partial charge in [-0.1, -0.05) is 54.6 Å². The van der Waals surface area contributed by atoms with Crippen LogP contribution in [0.4, 0.5) is 11.4 Å². The summed E-state index contributed by atoms with van der Waals surface area (Å²) in [6.07, 6.45) is 4.19. The maximum atomic E-state index is 5.36. The molecule has 0 atom stereocenters. The zero-order chi connectivity index (χ0) is 18.2. The lowest BCUT2D eigenvalue weighted by Crippen LogP contribution is -2.18. The third-order valence-electron chi connectivity index (χ3n) is 3.78. The Morgan fingerprint density at radius 1 is 0.731 bits per heavy atom. The minimum absolute atomic E-state index is 0.544. The summed E-state index contributed by atoms with van der Waals surface area (Å²) in [6, 6.07) is 26.0. The highest BCUT2D eigenvalue weighted by Gasteiger charge is 2.00. The third kappa shape index (κ3) is 5.19. The van der Waals surface area contributed by atoms with E-state index >= 15 is 0 Å². The average molecular weight is 360 g/mol. The first kappa shape index (κ1) is 17.7. The van der Waals surface area contributed by atoms with Crippen LogP contribution in [0.3, 0.4) is 0 Å². The first-order chi connectivity index (χ1) is 12.7. The van der Waals surface area contributed by atoms with Crippen LogP contribution in [-0.2, 0) is 0 Å². The molecule has 0 spiro atoms. The molecule has 26 heavy (non-hydrogen) atoms. The second-order valence-electron chi connectivity index (χ2n) is 5.67. The lowest BCUT2D eigenvalue weighted by atomic mass is 10.1. The molecule has 0 unspecified atom stereocenters. The molecule has 4 heteroatoms. The summed E-state index contributed by atoms with van der Waals surface area (Å²) in [5, 5.41) is 6.88. The third-order valence-corrected chi connectivity index (χ3v) is 3.99. The van der Waals surface area contributed by atoms with Crippen molar-refractivity contribution in [2.45, 2.75) is 0 Å². The molecule has 0 aliphatic heterocycles. The number of ether oxygens (including phenoxy) is 1. The molecular weight excluding hydrogens is 340 g/mol. The fourth-order valence-corrected chi connectivity index (χ4v) is 2.64. The van der Waals surface area contributed by atoms with Crippen molar-refractivity contribution in [1.82, 2.24) is 0 Å². The maximum absolute atomic E-state index is 5.36. The lowest BCUT2D eigenvalue weighted by molar-refractivity contribution is 0.415. The summed E-state index contributed by atoms with van der Waals surface area (Å²) < 4.78 is 5.15. The first-order valence-corrected chi connectivity index (χ1v) is 8.69. The minimum Gasteiger partial charge on any atom is -0.497 e. The predicted molar refractivity (Wildman–Crippen MR) is 115 cm³/mol. The smallest absolute Gasteiger partial charge is 0.175 e. The van der Waals surface area contributed by atoms with E-state index in [9.17, 15) is 0 Å². The number of anilines is 2. The molecule has 3 aromatic carbocycles. The van der Waals surface area contributed by atoms with Gasteiger partial charge in [0.15, 0.2) is 5.11 Å². The fraction of sp³-hybridized carbons (Fsp3) is 0.0455. The highest BCUT2D eigenvalue weighted by atomic mass is 32.1. The molecule has 2 N–H and O–H groups in total. The first-order valence-electron chi connectivity index (χ1n) is 8.28. The molecule has 0 bridgehead atoms. The summed E-state index contributed by atoms with van der Waals surface area (Å²) in [5.41, 5.74) is 4.16. The van der Waals surface area contributed by atoms with Crippen LogP contribution < -0.4 is 15.4 Å². The van der Waals surface area contributed by atoms with Gasteiger partial charge in [0.25, 0.3) is 0 Å². The van der Waals surface area contributed by atoms with Crippen molar-refractivity contribution in [3.05, 3.63) is 90.0 Å². The van der Waals surface area contributed by atoms with E-state index in [4.69, 9.17) is 17.0 Å². The van der Waals surface area contributed by atoms with E-state index in [1.54, 1.807) is 7.11 Å². The van der Waals surface area contributed by atoms with Crippen LogP contribution in [0.5, 0.6) is 5.75 Å². The Hall–Kier alpha value is -3.11. The molecule has 0 fully saturated rings. The van der Waals surface area contributed by atoms with Crippen molar-refractivity contribution >= 4 is 40.9 Å².